The molecule has 1 aromatic rings. The molecule has 0 aliphatic carbocycles. The summed E-state index contributed by atoms with van der Waals surface area (Å²) < 4.78 is 25.2. The van der Waals surface area contributed by atoms with Crippen LogP contribution in [0.25, 0.3) is 0 Å². The Morgan fingerprint density at radius 1 is 1.42 bits per heavy atom. The van der Waals surface area contributed by atoms with Crippen LogP contribution in [0.5, 0.6) is 0 Å². The van der Waals surface area contributed by atoms with Gasteiger partial charge in [0.05, 0.1) is 4.90 Å². The van der Waals surface area contributed by atoms with E-state index in [0.717, 1.165) is 0 Å². The average molecular weight is 282 g/mol. The number of carboxylic acid groups (broad SMARTS) is 1. The molecule has 0 amide bonds. The zero-order valence-electron chi connectivity index (χ0n) is 10.3. The quantitative estimate of drug-likeness (QED) is 0.660. The normalized spacial score (nSPS) is 12.4. The summed E-state index contributed by atoms with van der Waals surface area (Å²) in [6.07, 6.45) is 5.11. The lowest BCUT2D eigenvalue weighted by molar-refractivity contribution is -0.137. The van der Waals surface area contributed by atoms with E-state index in [1.807, 2.05) is 0 Å². The molecule has 0 saturated carbocycles. The van der Waals surface area contributed by atoms with Crippen LogP contribution >= 0.6 is 0 Å². The average Bonchev–Trinajstić information content (AvgIpc) is 2.38. The van der Waals surface area contributed by atoms with Crippen LogP contribution in [-0.2, 0) is 14.8 Å². The number of aliphatic carboxylic acids is 1. The summed E-state index contributed by atoms with van der Waals surface area (Å²) in [5, 5.41) is 11.6. The molecular weight excluding hydrogens is 268 g/mol. The lowest BCUT2D eigenvalue weighted by atomic mass is 10.2. The van der Waals surface area contributed by atoms with Gasteiger partial charge in [0.1, 0.15) is 6.04 Å². The van der Waals surface area contributed by atoms with Gasteiger partial charge in [-0.3, -0.25) is 0 Å². The summed E-state index contributed by atoms with van der Waals surface area (Å²) in [4.78, 5) is 11.0. The molecule has 0 saturated heterocycles. The molecule has 1 rings (SSSR count). The molecule has 0 aliphatic heterocycles. The summed E-state index contributed by atoms with van der Waals surface area (Å²) in [5.74, 6) is 1.20. The Morgan fingerprint density at radius 3 is 2.42 bits per heavy atom. The molecule has 3 N–H and O–H groups in total. The molecule has 0 spiro atoms. The van der Waals surface area contributed by atoms with Gasteiger partial charge in [-0.05, 0) is 31.3 Å². The minimum atomic E-state index is -3.50. The maximum Gasteiger partial charge on any atom is 0.327 e. The predicted molar refractivity (Wildman–Crippen MR) is 71.2 cm³/mol. The van der Waals surface area contributed by atoms with Gasteiger partial charge >= 0.3 is 5.97 Å². The van der Waals surface area contributed by atoms with Crippen molar-refractivity contribution >= 4 is 21.7 Å². The fourth-order valence-corrected chi connectivity index (χ4v) is 2.10. The molecule has 1 unspecified atom stereocenters. The van der Waals surface area contributed by atoms with Crippen molar-refractivity contribution < 1.29 is 18.3 Å². The van der Waals surface area contributed by atoms with E-state index in [2.05, 4.69) is 16.0 Å². The minimum absolute atomic E-state index is 0.0336. The second kappa shape index (κ2) is 6.22. The standard InChI is InChI=1S/C12H14N2O4S/c1-3-4-11(12(15)16)14-9-5-7-10(8-6-9)19(17,18)13-2/h1,5-8,11,13-14H,4H2,2H3,(H,15,16). The van der Waals surface area contributed by atoms with Crippen molar-refractivity contribution in [3.63, 3.8) is 0 Å². The van der Waals surface area contributed by atoms with Gasteiger partial charge in [-0.1, -0.05) is 0 Å². The van der Waals surface area contributed by atoms with E-state index in [1.165, 1.54) is 31.3 Å². The molecular formula is C12H14N2O4S. The van der Waals surface area contributed by atoms with E-state index >= 15 is 0 Å². The zero-order valence-corrected chi connectivity index (χ0v) is 11.1. The smallest absolute Gasteiger partial charge is 0.327 e. The van der Waals surface area contributed by atoms with Gasteiger partial charge in [-0.15, -0.1) is 12.3 Å². The highest BCUT2D eigenvalue weighted by Crippen LogP contribution is 2.15. The SMILES string of the molecule is C#CCC(Nc1ccc(S(=O)(=O)NC)cc1)C(=O)O. The second-order valence-corrected chi connectivity index (χ2v) is 5.56. The molecule has 1 aromatic carbocycles. The molecule has 19 heavy (non-hydrogen) atoms. The number of terminal acetylenes is 1. The van der Waals surface area contributed by atoms with Gasteiger partial charge < -0.3 is 10.4 Å². The van der Waals surface area contributed by atoms with E-state index in [-0.39, 0.29) is 11.3 Å². The molecule has 0 radical (unpaired) electrons. The predicted octanol–water partition coefficient (Wildman–Crippen LogP) is 0.483. The maximum absolute atomic E-state index is 11.5. The maximum atomic E-state index is 11.5. The third-order valence-electron chi connectivity index (χ3n) is 2.39. The van der Waals surface area contributed by atoms with Gasteiger partial charge in [0.15, 0.2) is 0 Å². The van der Waals surface area contributed by atoms with E-state index in [0.29, 0.717) is 5.69 Å². The summed E-state index contributed by atoms with van der Waals surface area (Å²) in [6, 6.07) is 4.82. The van der Waals surface area contributed by atoms with Gasteiger partial charge in [0, 0.05) is 12.1 Å². The number of anilines is 1. The first-order chi connectivity index (χ1) is 8.90. The topological polar surface area (TPSA) is 95.5 Å². The van der Waals surface area contributed by atoms with Crippen LogP contribution in [0.15, 0.2) is 29.2 Å². The number of benzene rings is 1. The van der Waals surface area contributed by atoms with Gasteiger partial charge in [0.25, 0.3) is 0 Å². The molecule has 0 bridgehead atoms. The minimum Gasteiger partial charge on any atom is -0.480 e. The molecule has 6 nitrogen and oxygen atoms in total. The van der Waals surface area contributed by atoms with Crippen LogP contribution in [0.4, 0.5) is 5.69 Å². The third-order valence-corrected chi connectivity index (χ3v) is 3.82. The third kappa shape index (κ3) is 3.98. The Morgan fingerprint density at radius 2 is 2.00 bits per heavy atom. The number of sulfonamides is 1. The van der Waals surface area contributed by atoms with Crippen molar-refractivity contribution in [1.82, 2.24) is 4.72 Å². The second-order valence-electron chi connectivity index (χ2n) is 3.68. The summed E-state index contributed by atoms with van der Waals surface area (Å²) in [7, 11) is -2.18. The first-order valence-electron chi connectivity index (χ1n) is 5.37. The van der Waals surface area contributed by atoms with Crippen LogP contribution in [0.3, 0.4) is 0 Å². The van der Waals surface area contributed by atoms with Crippen LogP contribution < -0.4 is 10.0 Å². The van der Waals surface area contributed by atoms with E-state index in [9.17, 15) is 13.2 Å². The van der Waals surface area contributed by atoms with Crippen LogP contribution in [0.2, 0.25) is 0 Å². The first kappa shape index (κ1) is 15.0. The molecule has 0 heterocycles. The number of hydrogen-bond acceptors (Lipinski definition) is 4. The summed E-state index contributed by atoms with van der Waals surface area (Å²) in [5.41, 5.74) is 0.484. The molecule has 1 atom stereocenters. The molecule has 0 fully saturated rings. The zero-order chi connectivity index (χ0) is 14.5. The van der Waals surface area contributed by atoms with Gasteiger partial charge in [-0.2, -0.15) is 0 Å². The molecule has 102 valence electrons. The van der Waals surface area contributed by atoms with E-state index in [4.69, 9.17) is 11.5 Å². The fraction of sp³-hybridized carbons (Fsp3) is 0.250. The van der Waals surface area contributed by atoms with Crippen LogP contribution in [0.1, 0.15) is 6.42 Å². The Bertz CT molecular complexity index is 587. The molecule has 7 heteroatoms. The highest BCUT2D eigenvalue weighted by atomic mass is 32.2. The number of nitrogens with one attached hydrogen (secondary N) is 2. The van der Waals surface area contributed by atoms with Crippen LogP contribution in [0, 0.1) is 12.3 Å². The Labute approximate surface area is 111 Å². The molecule has 0 aromatic heterocycles. The highest BCUT2D eigenvalue weighted by Gasteiger charge is 2.16. The summed E-state index contributed by atoms with van der Waals surface area (Å²) >= 11 is 0. The number of hydrogen-bond donors (Lipinski definition) is 3. The van der Waals surface area contributed by atoms with Crippen molar-refractivity contribution in [3.8, 4) is 12.3 Å². The van der Waals surface area contributed by atoms with Crippen LogP contribution in [-0.4, -0.2) is 32.6 Å². The highest BCUT2D eigenvalue weighted by molar-refractivity contribution is 7.89. The Balaban J connectivity index is 2.88. The number of rotatable bonds is 6. The van der Waals surface area contributed by atoms with E-state index in [1.54, 1.807) is 0 Å². The first-order valence-corrected chi connectivity index (χ1v) is 6.85. The summed E-state index contributed by atoms with van der Waals surface area (Å²) in [6.45, 7) is 0. The van der Waals surface area contributed by atoms with E-state index < -0.39 is 22.0 Å². The fourth-order valence-electron chi connectivity index (χ4n) is 1.37. The molecule has 0 aliphatic rings. The van der Waals surface area contributed by atoms with Crippen molar-refractivity contribution in [1.29, 1.82) is 0 Å². The Hall–Kier alpha value is -2.04. The van der Waals surface area contributed by atoms with Crippen molar-refractivity contribution in [2.45, 2.75) is 17.4 Å². The lowest BCUT2D eigenvalue weighted by Gasteiger charge is -2.13. The van der Waals surface area contributed by atoms with Gasteiger partial charge in [0.2, 0.25) is 10.0 Å². The lowest BCUT2D eigenvalue weighted by Crippen LogP contribution is -2.28. The number of carbonyl (C=O) groups is 1. The largest absolute Gasteiger partial charge is 0.480 e. The van der Waals surface area contributed by atoms with Gasteiger partial charge in [-0.25, -0.2) is 17.9 Å². The Kier molecular flexibility index (Phi) is 4.92. The van der Waals surface area contributed by atoms with Crippen molar-refractivity contribution in [2.75, 3.05) is 12.4 Å². The van der Waals surface area contributed by atoms with Crippen molar-refractivity contribution in [2.24, 2.45) is 0 Å². The number of carboxylic acids is 1. The monoisotopic (exact) mass is 282 g/mol. The van der Waals surface area contributed by atoms with Crippen molar-refractivity contribution in [3.05, 3.63) is 24.3 Å².